The van der Waals surface area contributed by atoms with Crippen molar-refractivity contribution in [1.29, 1.82) is 0 Å². The Morgan fingerprint density at radius 2 is 2.29 bits per heavy atom. The number of amides is 1. The van der Waals surface area contributed by atoms with Gasteiger partial charge in [0.05, 0.1) is 12.6 Å². The second kappa shape index (κ2) is 4.40. The number of aliphatic carboxylic acids is 1. The predicted octanol–water partition coefficient (Wildman–Crippen LogP) is 0.521. The van der Waals surface area contributed by atoms with Gasteiger partial charge in [-0.1, -0.05) is 0 Å². The number of carboxylic acid groups (broad SMARTS) is 1. The Morgan fingerprint density at radius 1 is 1.57 bits per heavy atom. The van der Waals surface area contributed by atoms with Crippen molar-refractivity contribution in [1.82, 2.24) is 10.2 Å². The molecule has 14 heavy (non-hydrogen) atoms. The normalized spacial score (nSPS) is 9.79. The fourth-order valence-electron chi connectivity index (χ4n) is 0.895. The van der Waals surface area contributed by atoms with E-state index in [-0.39, 0.29) is 18.7 Å². The quantitative estimate of drug-likeness (QED) is 0.655. The summed E-state index contributed by atoms with van der Waals surface area (Å²) in [7, 11) is 0. The maximum atomic E-state index is 11.1. The molecule has 1 aromatic rings. The van der Waals surface area contributed by atoms with E-state index in [0.29, 0.717) is 5.82 Å². The molecule has 0 aliphatic heterocycles. The summed E-state index contributed by atoms with van der Waals surface area (Å²) in [6.07, 6.45) is 1.37. The standard InChI is InChI=1S/C8H11N3O3/c1-5-4-9-11-8(5)10-6(12)2-3-7(13)14/h4H,2-3H2,1H3,(H,13,14)(H2,9,10,11,12). The lowest BCUT2D eigenvalue weighted by molar-refractivity contribution is -0.138. The fraction of sp³-hybridized carbons (Fsp3) is 0.375. The van der Waals surface area contributed by atoms with Crippen molar-refractivity contribution in [3.8, 4) is 0 Å². The summed E-state index contributed by atoms with van der Waals surface area (Å²) < 4.78 is 0. The maximum Gasteiger partial charge on any atom is 0.303 e. The van der Waals surface area contributed by atoms with Crippen molar-refractivity contribution in [2.45, 2.75) is 19.8 Å². The Hall–Kier alpha value is -1.85. The van der Waals surface area contributed by atoms with Crippen molar-refractivity contribution in [2.75, 3.05) is 5.32 Å². The molecule has 1 amide bonds. The van der Waals surface area contributed by atoms with E-state index in [4.69, 9.17) is 5.11 Å². The van der Waals surface area contributed by atoms with Crippen LogP contribution in [0, 0.1) is 6.92 Å². The third-order valence-electron chi connectivity index (χ3n) is 1.66. The topological polar surface area (TPSA) is 95.1 Å². The first-order valence-corrected chi connectivity index (χ1v) is 4.11. The Bertz CT molecular complexity index is 345. The van der Waals surface area contributed by atoms with E-state index in [1.54, 1.807) is 13.1 Å². The molecule has 6 nitrogen and oxygen atoms in total. The number of anilines is 1. The van der Waals surface area contributed by atoms with Crippen LogP contribution in [0.15, 0.2) is 6.20 Å². The molecule has 3 N–H and O–H groups in total. The number of nitrogens with one attached hydrogen (secondary N) is 2. The number of carboxylic acids is 1. The van der Waals surface area contributed by atoms with Crippen molar-refractivity contribution in [3.63, 3.8) is 0 Å². The Labute approximate surface area is 80.3 Å². The number of aromatic amines is 1. The molecule has 0 saturated carbocycles. The Balaban J connectivity index is 2.42. The summed E-state index contributed by atoms with van der Waals surface area (Å²) in [6.45, 7) is 1.79. The highest BCUT2D eigenvalue weighted by Gasteiger charge is 2.07. The lowest BCUT2D eigenvalue weighted by Crippen LogP contribution is -2.14. The highest BCUT2D eigenvalue weighted by molar-refractivity contribution is 5.92. The highest BCUT2D eigenvalue weighted by atomic mass is 16.4. The molecule has 0 bridgehead atoms. The molecule has 0 atom stereocenters. The summed E-state index contributed by atoms with van der Waals surface area (Å²) in [5.74, 6) is -0.804. The largest absolute Gasteiger partial charge is 0.481 e. The number of H-pyrrole nitrogens is 1. The molecular weight excluding hydrogens is 186 g/mol. The van der Waals surface area contributed by atoms with Crippen LogP contribution >= 0.6 is 0 Å². The number of aromatic nitrogens is 2. The van der Waals surface area contributed by atoms with Gasteiger partial charge in [-0.05, 0) is 6.92 Å². The van der Waals surface area contributed by atoms with Crippen LogP contribution in [0.2, 0.25) is 0 Å². The summed E-state index contributed by atoms with van der Waals surface area (Å²) in [5.41, 5.74) is 0.814. The first-order chi connectivity index (χ1) is 6.59. The lowest BCUT2D eigenvalue weighted by atomic mass is 10.3. The summed E-state index contributed by atoms with van der Waals surface area (Å²) >= 11 is 0. The molecule has 1 aromatic heterocycles. The van der Waals surface area contributed by atoms with E-state index in [9.17, 15) is 9.59 Å². The van der Waals surface area contributed by atoms with E-state index in [2.05, 4.69) is 15.5 Å². The smallest absolute Gasteiger partial charge is 0.303 e. The van der Waals surface area contributed by atoms with Gasteiger partial charge < -0.3 is 10.4 Å². The Morgan fingerprint density at radius 3 is 2.79 bits per heavy atom. The third kappa shape index (κ3) is 2.89. The van der Waals surface area contributed by atoms with Gasteiger partial charge in [0.15, 0.2) is 0 Å². The number of hydrogen-bond acceptors (Lipinski definition) is 3. The van der Waals surface area contributed by atoms with Crippen molar-refractivity contribution in [3.05, 3.63) is 11.8 Å². The maximum absolute atomic E-state index is 11.1. The molecule has 1 rings (SSSR count). The van der Waals surface area contributed by atoms with Crippen LogP contribution in [0.25, 0.3) is 0 Å². The summed E-state index contributed by atoms with van der Waals surface area (Å²) in [6, 6.07) is 0. The minimum absolute atomic E-state index is 0.0339. The molecule has 0 spiro atoms. The van der Waals surface area contributed by atoms with Crippen LogP contribution in [0.5, 0.6) is 0 Å². The SMILES string of the molecule is Cc1cn[nH]c1NC(=O)CCC(=O)O. The van der Waals surface area contributed by atoms with Gasteiger partial charge in [0, 0.05) is 12.0 Å². The first-order valence-electron chi connectivity index (χ1n) is 4.11. The van der Waals surface area contributed by atoms with E-state index >= 15 is 0 Å². The Kier molecular flexibility index (Phi) is 3.22. The highest BCUT2D eigenvalue weighted by Crippen LogP contribution is 2.08. The van der Waals surface area contributed by atoms with E-state index in [1.807, 2.05) is 0 Å². The van der Waals surface area contributed by atoms with Crippen LogP contribution in [0.1, 0.15) is 18.4 Å². The monoisotopic (exact) mass is 197 g/mol. The fourth-order valence-corrected chi connectivity index (χ4v) is 0.895. The number of carbonyl (C=O) groups is 2. The van der Waals surface area contributed by atoms with Crippen LogP contribution in [-0.4, -0.2) is 27.2 Å². The van der Waals surface area contributed by atoms with Gasteiger partial charge in [-0.2, -0.15) is 5.10 Å². The zero-order chi connectivity index (χ0) is 10.6. The van der Waals surface area contributed by atoms with Gasteiger partial charge in [-0.3, -0.25) is 14.7 Å². The lowest BCUT2D eigenvalue weighted by Gasteiger charge is -2.01. The molecule has 0 radical (unpaired) electrons. The third-order valence-corrected chi connectivity index (χ3v) is 1.66. The van der Waals surface area contributed by atoms with Crippen LogP contribution < -0.4 is 5.32 Å². The zero-order valence-electron chi connectivity index (χ0n) is 7.70. The average Bonchev–Trinajstić information content (AvgIpc) is 2.49. The molecule has 6 heteroatoms. The van der Waals surface area contributed by atoms with Gasteiger partial charge in [-0.15, -0.1) is 0 Å². The number of nitrogens with zero attached hydrogens (tertiary/aromatic N) is 1. The van der Waals surface area contributed by atoms with E-state index < -0.39 is 5.97 Å². The van der Waals surface area contributed by atoms with Crippen LogP contribution in [0.4, 0.5) is 5.82 Å². The van der Waals surface area contributed by atoms with Gasteiger partial charge in [0.2, 0.25) is 5.91 Å². The predicted molar refractivity (Wildman–Crippen MR) is 48.8 cm³/mol. The molecule has 1 heterocycles. The van der Waals surface area contributed by atoms with E-state index in [1.165, 1.54) is 0 Å². The van der Waals surface area contributed by atoms with Crippen LogP contribution in [0.3, 0.4) is 0 Å². The number of carbonyl (C=O) groups excluding carboxylic acids is 1. The van der Waals surface area contributed by atoms with E-state index in [0.717, 1.165) is 5.56 Å². The van der Waals surface area contributed by atoms with Crippen LogP contribution in [-0.2, 0) is 9.59 Å². The molecular formula is C8H11N3O3. The molecule has 0 unspecified atom stereocenters. The molecule has 76 valence electrons. The van der Waals surface area contributed by atoms with Crippen molar-refractivity contribution >= 4 is 17.7 Å². The zero-order valence-corrected chi connectivity index (χ0v) is 7.70. The van der Waals surface area contributed by atoms with Gasteiger partial charge in [-0.25, -0.2) is 0 Å². The second-order valence-electron chi connectivity index (χ2n) is 2.87. The van der Waals surface area contributed by atoms with Crippen molar-refractivity contribution < 1.29 is 14.7 Å². The molecule has 0 fully saturated rings. The minimum atomic E-state index is -0.985. The molecule has 0 aromatic carbocycles. The summed E-state index contributed by atoms with van der Waals surface area (Å²) in [5, 5.41) is 17.2. The summed E-state index contributed by atoms with van der Waals surface area (Å²) in [4.78, 5) is 21.3. The first kappa shape index (κ1) is 10.2. The second-order valence-corrected chi connectivity index (χ2v) is 2.87. The minimum Gasteiger partial charge on any atom is -0.481 e. The van der Waals surface area contributed by atoms with Gasteiger partial charge >= 0.3 is 5.97 Å². The number of aryl methyl sites for hydroxylation is 1. The van der Waals surface area contributed by atoms with Gasteiger partial charge in [0.1, 0.15) is 5.82 Å². The van der Waals surface area contributed by atoms with Gasteiger partial charge in [0.25, 0.3) is 0 Å². The average molecular weight is 197 g/mol. The molecule has 0 saturated heterocycles. The number of hydrogen-bond donors (Lipinski definition) is 3. The molecule has 0 aliphatic rings. The number of rotatable bonds is 4. The van der Waals surface area contributed by atoms with Crippen molar-refractivity contribution in [2.24, 2.45) is 0 Å². The molecule has 0 aliphatic carbocycles.